The molecule has 0 bridgehead atoms. The number of carbonyl (C=O) groups excluding carboxylic acids is 2. The van der Waals surface area contributed by atoms with E-state index in [-0.39, 0.29) is 11.8 Å². The SMILES string of the molecule is Cc1nc(-c2cccs2)ccc1C(=O)N1CCC(C(=O)N2CCCC(C)C2)CC1. The minimum Gasteiger partial charge on any atom is -0.342 e. The van der Waals surface area contributed by atoms with E-state index >= 15 is 0 Å². The van der Waals surface area contributed by atoms with Gasteiger partial charge in [0.25, 0.3) is 5.91 Å². The van der Waals surface area contributed by atoms with Crippen molar-refractivity contribution in [2.45, 2.75) is 39.5 Å². The van der Waals surface area contributed by atoms with Crippen LogP contribution < -0.4 is 0 Å². The Labute approximate surface area is 176 Å². The van der Waals surface area contributed by atoms with Crippen molar-refractivity contribution in [2.24, 2.45) is 11.8 Å². The third-order valence-electron chi connectivity index (χ3n) is 6.19. The second kappa shape index (κ2) is 8.66. The summed E-state index contributed by atoms with van der Waals surface area (Å²) >= 11 is 1.65. The number of thiophene rings is 1. The number of carbonyl (C=O) groups is 2. The first-order valence-electron chi connectivity index (χ1n) is 10.6. The van der Waals surface area contributed by atoms with E-state index in [1.54, 1.807) is 11.3 Å². The maximum atomic E-state index is 13.0. The van der Waals surface area contributed by atoms with Gasteiger partial charge in [-0.1, -0.05) is 13.0 Å². The number of hydrogen-bond donors (Lipinski definition) is 0. The zero-order valence-electron chi connectivity index (χ0n) is 17.3. The highest BCUT2D eigenvalue weighted by Gasteiger charge is 2.32. The Morgan fingerprint density at radius 2 is 1.86 bits per heavy atom. The molecular weight excluding hydrogens is 382 g/mol. The van der Waals surface area contributed by atoms with Crippen molar-refractivity contribution in [3.63, 3.8) is 0 Å². The van der Waals surface area contributed by atoms with Crippen molar-refractivity contribution < 1.29 is 9.59 Å². The van der Waals surface area contributed by atoms with Crippen molar-refractivity contribution in [3.8, 4) is 10.6 Å². The fourth-order valence-corrected chi connectivity index (χ4v) is 5.19. The van der Waals surface area contributed by atoms with Crippen molar-refractivity contribution in [2.75, 3.05) is 26.2 Å². The van der Waals surface area contributed by atoms with Gasteiger partial charge in [0.2, 0.25) is 5.91 Å². The highest BCUT2D eigenvalue weighted by atomic mass is 32.1. The molecular formula is C23H29N3O2S. The van der Waals surface area contributed by atoms with Crippen LogP contribution in [-0.2, 0) is 4.79 Å². The smallest absolute Gasteiger partial charge is 0.255 e. The molecule has 1 unspecified atom stereocenters. The number of piperidine rings is 2. The maximum Gasteiger partial charge on any atom is 0.255 e. The summed E-state index contributed by atoms with van der Waals surface area (Å²) in [6.45, 7) is 7.19. The van der Waals surface area contributed by atoms with Crippen molar-refractivity contribution >= 4 is 23.2 Å². The molecule has 0 aliphatic carbocycles. The van der Waals surface area contributed by atoms with E-state index in [9.17, 15) is 9.59 Å². The van der Waals surface area contributed by atoms with E-state index in [1.165, 1.54) is 6.42 Å². The predicted octanol–water partition coefficient (Wildman–Crippen LogP) is 4.23. The molecule has 0 aromatic carbocycles. The third-order valence-corrected chi connectivity index (χ3v) is 7.08. The van der Waals surface area contributed by atoms with Crippen LogP contribution in [0.4, 0.5) is 0 Å². The summed E-state index contributed by atoms with van der Waals surface area (Å²) < 4.78 is 0. The van der Waals surface area contributed by atoms with Gasteiger partial charge < -0.3 is 9.80 Å². The fraction of sp³-hybridized carbons (Fsp3) is 0.522. The summed E-state index contributed by atoms with van der Waals surface area (Å²) in [7, 11) is 0. The first-order chi connectivity index (χ1) is 14.0. The Hall–Kier alpha value is -2.21. The fourth-order valence-electron chi connectivity index (χ4n) is 4.50. The van der Waals surface area contributed by atoms with Crippen LogP contribution in [-0.4, -0.2) is 52.8 Å². The lowest BCUT2D eigenvalue weighted by atomic mass is 9.92. The summed E-state index contributed by atoms with van der Waals surface area (Å²) in [5.74, 6) is 0.985. The van der Waals surface area contributed by atoms with E-state index in [4.69, 9.17) is 0 Å². The molecule has 0 N–H and O–H groups in total. The topological polar surface area (TPSA) is 53.5 Å². The molecule has 1 atom stereocenters. The minimum absolute atomic E-state index is 0.0326. The second-order valence-electron chi connectivity index (χ2n) is 8.40. The molecule has 154 valence electrons. The summed E-state index contributed by atoms with van der Waals surface area (Å²) in [5, 5.41) is 2.03. The molecule has 6 heteroatoms. The molecule has 2 amide bonds. The molecule has 2 aliphatic rings. The van der Waals surface area contributed by atoms with Gasteiger partial charge in [0.1, 0.15) is 0 Å². The van der Waals surface area contributed by atoms with Crippen LogP contribution >= 0.6 is 11.3 Å². The number of likely N-dealkylation sites (tertiary alicyclic amines) is 2. The second-order valence-corrected chi connectivity index (χ2v) is 9.35. The molecule has 2 saturated heterocycles. The highest BCUT2D eigenvalue weighted by molar-refractivity contribution is 7.13. The van der Waals surface area contributed by atoms with Gasteiger partial charge in [-0.2, -0.15) is 0 Å². The van der Waals surface area contributed by atoms with Gasteiger partial charge >= 0.3 is 0 Å². The lowest BCUT2D eigenvalue weighted by molar-refractivity contribution is -0.138. The van der Waals surface area contributed by atoms with Gasteiger partial charge in [-0.3, -0.25) is 14.6 Å². The number of rotatable bonds is 3. The van der Waals surface area contributed by atoms with Crippen molar-refractivity contribution in [1.29, 1.82) is 0 Å². The Balaban J connectivity index is 1.37. The number of nitrogens with zero attached hydrogens (tertiary/aromatic N) is 3. The minimum atomic E-state index is 0.0326. The molecule has 0 saturated carbocycles. The molecule has 2 aromatic heterocycles. The molecule has 5 nitrogen and oxygen atoms in total. The molecule has 4 rings (SSSR count). The standard InChI is InChI=1S/C23H29N3O2S/c1-16-5-3-11-26(15-16)22(27)18-9-12-25(13-10-18)23(28)19-7-8-20(24-17(19)2)21-6-4-14-29-21/h4,6-8,14,16,18H,3,5,9-13,15H2,1-2H3. The Bertz CT molecular complexity index is 872. The number of hydrogen-bond acceptors (Lipinski definition) is 4. The van der Waals surface area contributed by atoms with E-state index < -0.39 is 0 Å². The lowest BCUT2D eigenvalue weighted by Crippen LogP contribution is -2.47. The normalized spacial score (nSPS) is 20.7. The Morgan fingerprint density at radius 1 is 1.07 bits per heavy atom. The van der Waals surface area contributed by atoms with Crippen LogP contribution in [0.2, 0.25) is 0 Å². The van der Waals surface area contributed by atoms with Gasteiger partial charge in [0.15, 0.2) is 0 Å². The molecule has 2 aliphatic heterocycles. The number of aromatic nitrogens is 1. The summed E-state index contributed by atoms with van der Waals surface area (Å²) in [4.78, 5) is 35.6. The predicted molar refractivity (Wildman–Crippen MR) is 116 cm³/mol. The molecule has 29 heavy (non-hydrogen) atoms. The summed E-state index contributed by atoms with van der Waals surface area (Å²) in [6, 6.07) is 7.87. The number of aryl methyl sites for hydroxylation is 1. The quantitative estimate of drug-likeness (QED) is 0.759. The van der Waals surface area contributed by atoms with Gasteiger partial charge in [0.05, 0.1) is 21.8 Å². The molecule has 2 fully saturated rings. The number of amides is 2. The summed E-state index contributed by atoms with van der Waals surface area (Å²) in [6.07, 6.45) is 3.85. The van der Waals surface area contributed by atoms with Gasteiger partial charge in [-0.15, -0.1) is 11.3 Å². The molecule has 4 heterocycles. The Kier molecular flexibility index (Phi) is 5.99. The third kappa shape index (κ3) is 4.37. The van der Waals surface area contributed by atoms with E-state index in [1.807, 2.05) is 46.4 Å². The van der Waals surface area contributed by atoms with Gasteiger partial charge in [-0.05, 0) is 62.1 Å². The van der Waals surface area contributed by atoms with Crippen LogP contribution in [0.5, 0.6) is 0 Å². The first kappa shape index (κ1) is 20.1. The Morgan fingerprint density at radius 3 is 2.52 bits per heavy atom. The van der Waals surface area contributed by atoms with Crippen LogP contribution in [0.3, 0.4) is 0 Å². The van der Waals surface area contributed by atoms with Crippen LogP contribution in [0.1, 0.15) is 48.7 Å². The highest BCUT2D eigenvalue weighted by Crippen LogP contribution is 2.27. The van der Waals surface area contributed by atoms with Crippen LogP contribution in [0, 0.1) is 18.8 Å². The molecule has 2 aromatic rings. The van der Waals surface area contributed by atoms with Crippen molar-refractivity contribution in [3.05, 3.63) is 40.9 Å². The lowest BCUT2D eigenvalue weighted by Gasteiger charge is -2.37. The molecule has 0 spiro atoms. The van der Waals surface area contributed by atoms with Crippen LogP contribution in [0.25, 0.3) is 10.6 Å². The van der Waals surface area contributed by atoms with E-state index in [0.29, 0.717) is 30.5 Å². The number of pyridine rings is 1. The summed E-state index contributed by atoms with van der Waals surface area (Å²) in [5.41, 5.74) is 2.34. The molecule has 0 radical (unpaired) electrons. The van der Waals surface area contributed by atoms with Crippen molar-refractivity contribution in [1.82, 2.24) is 14.8 Å². The van der Waals surface area contributed by atoms with E-state index in [0.717, 1.165) is 48.6 Å². The largest absolute Gasteiger partial charge is 0.342 e. The van der Waals surface area contributed by atoms with Gasteiger partial charge in [-0.25, -0.2) is 0 Å². The monoisotopic (exact) mass is 411 g/mol. The maximum absolute atomic E-state index is 13.0. The first-order valence-corrected chi connectivity index (χ1v) is 11.5. The zero-order chi connectivity index (χ0) is 20.4. The zero-order valence-corrected chi connectivity index (χ0v) is 18.1. The average molecular weight is 412 g/mol. The average Bonchev–Trinajstić information content (AvgIpc) is 3.28. The van der Waals surface area contributed by atoms with Gasteiger partial charge in [0, 0.05) is 32.1 Å². The van der Waals surface area contributed by atoms with Crippen LogP contribution in [0.15, 0.2) is 29.6 Å². The van der Waals surface area contributed by atoms with E-state index in [2.05, 4.69) is 11.9 Å².